The molecule has 0 saturated carbocycles. The molecule has 0 N–H and O–H groups in total. The number of benzene rings is 1. The van der Waals surface area contributed by atoms with Crippen molar-refractivity contribution in [1.29, 1.82) is 0 Å². The first-order valence-corrected chi connectivity index (χ1v) is 5.54. The van der Waals surface area contributed by atoms with Gasteiger partial charge in [0.25, 0.3) is 0 Å². The van der Waals surface area contributed by atoms with Crippen molar-refractivity contribution < 1.29 is 0 Å². The highest BCUT2D eigenvalue weighted by Crippen LogP contribution is 2.31. The van der Waals surface area contributed by atoms with Crippen LogP contribution in [0.5, 0.6) is 0 Å². The standard InChI is InChI=1S/C8H6PS/c10-9-6-5-7-3-1-2-4-8(7)9/h1-6H/q+1. The fraction of sp³-hybridized carbons (Fsp3) is 0. The Kier molecular flexibility index (Phi) is 1.40. The fourth-order valence-electron chi connectivity index (χ4n) is 1.06. The Balaban J connectivity index is 2.70. The Hall–Kier alpha value is -0.520. The van der Waals surface area contributed by atoms with Gasteiger partial charge in [0.2, 0.25) is 6.70 Å². The van der Waals surface area contributed by atoms with Gasteiger partial charge in [0, 0.05) is 5.56 Å². The van der Waals surface area contributed by atoms with Gasteiger partial charge < -0.3 is 0 Å². The second-order valence-electron chi connectivity index (χ2n) is 2.20. The molecule has 0 aliphatic carbocycles. The Morgan fingerprint density at radius 1 is 1.20 bits per heavy atom. The molecule has 0 saturated heterocycles. The normalized spacial score (nSPS) is 17.4. The second-order valence-corrected chi connectivity index (χ2v) is 4.81. The van der Waals surface area contributed by atoms with Crippen molar-refractivity contribution in [3.05, 3.63) is 35.6 Å². The van der Waals surface area contributed by atoms with Crippen LogP contribution in [-0.2, 0) is 11.8 Å². The molecule has 0 bridgehead atoms. The summed E-state index contributed by atoms with van der Waals surface area (Å²) in [6.07, 6.45) is 2.12. The van der Waals surface area contributed by atoms with Crippen molar-refractivity contribution in [3.8, 4) is 0 Å². The van der Waals surface area contributed by atoms with Gasteiger partial charge in [-0.1, -0.05) is 18.2 Å². The SMILES string of the molecule is S=[P+]1C=Cc2ccccc21. The first kappa shape index (κ1) is 6.21. The summed E-state index contributed by atoms with van der Waals surface area (Å²) in [4.78, 5) is 0. The van der Waals surface area contributed by atoms with Crippen molar-refractivity contribution in [3.63, 3.8) is 0 Å². The van der Waals surface area contributed by atoms with Crippen molar-refractivity contribution in [1.82, 2.24) is 0 Å². The highest BCUT2D eigenvalue weighted by molar-refractivity contribution is 8.10. The van der Waals surface area contributed by atoms with Crippen LogP contribution in [0.25, 0.3) is 6.08 Å². The van der Waals surface area contributed by atoms with E-state index in [1.54, 1.807) is 0 Å². The van der Waals surface area contributed by atoms with Crippen molar-refractivity contribution in [2.24, 2.45) is 0 Å². The van der Waals surface area contributed by atoms with Crippen LogP contribution in [0.2, 0.25) is 0 Å². The van der Waals surface area contributed by atoms with Gasteiger partial charge in [-0.15, -0.1) is 0 Å². The number of rotatable bonds is 0. The zero-order valence-electron chi connectivity index (χ0n) is 5.32. The Morgan fingerprint density at radius 2 is 2.00 bits per heavy atom. The molecule has 48 valence electrons. The van der Waals surface area contributed by atoms with Crippen LogP contribution in [0.15, 0.2) is 30.1 Å². The number of fused-ring (bicyclic) bond motifs is 1. The number of hydrogen-bond donors (Lipinski definition) is 0. The molecule has 1 aliphatic heterocycles. The summed E-state index contributed by atoms with van der Waals surface area (Å²) in [5.41, 5.74) is 1.31. The first-order valence-electron chi connectivity index (χ1n) is 3.11. The van der Waals surface area contributed by atoms with Gasteiger partial charge in [-0.05, 0) is 12.1 Å². The topological polar surface area (TPSA) is 0 Å². The molecule has 2 heteroatoms. The molecule has 1 aromatic carbocycles. The third-order valence-electron chi connectivity index (χ3n) is 1.56. The highest BCUT2D eigenvalue weighted by Gasteiger charge is 2.19. The van der Waals surface area contributed by atoms with Crippen LogP contribution < -0.4 is 5.30 Å². The maximum Gasteiger partial charge on any atom is 0.243 e. The Morgan fingerprint density at radius 3 is 2.80 bits per heavy atom. The molecule has 1 heterocycles. The predicted molar refractivity (Wildman–Crippen MR) is 49.4 cm³/mol. The quantitative estimate of drug-likeness (QED) is 0.531. The van der Waals surface area contributed by atoms with Gasteiger partial charge in [-0.3, -0.25) is 0 Å². The van der Waals surface area contributed by atoms with E-state index >= 15 is 0 Å². The van der Waals surface area contributed by atoms with E-state index < -0.39 is 0 Å². The van der Waals surface area contributed by atoms with Crippen molar-refractivity contribution in [2.75, 3.05) is 0 Å². The maximum absolute atomic E-state index is 5.24. The highest BCUT2D eigenvalue weighted by atomic mass is 32.4. The van der Waals surface area contributed by atoms with Gasteiger partial charge in [-0.2, -0.15) is 0 Å². The van der Waals surface area contributed by atoms with Gasteiger partial charge >= 0.3 is 0 Å². The summed E-state index contributed by atoms with van der Waals surface area (Å²) in [5, 5.41) is 1.34. The minimum atomic E-state index is -0.378. The molecule has 10 heavy (non-hydrogen) atoms. The molecule has 0 spiro atoms. The summed E-state index contributed by atoms with van der Waals surface area (Å²) in [5.74, 6) is 2.12. The molecule has 0 fully saturated rings. The largest absolute Gasteiger partial charge is 0.243 e. The molecule has 0 radical (unpaired) electrons. The van der Waals surface area contributed by atoms with Gasteiger partial charge in [0.1, 0.15) is 5.82 Å². The molecule has 0 aromatic heterocycles. The van der Waals surface area contributed by atoms with Crippen LogP contribution in [0.4, 0.5) is 0 Å². The van der Waals surface area contributed by atoms with E-state index in [0.29, 0.717) is 0 Å². The molecule has 0 amide bonds. The van der Waals surface area contributed by atoms with Gasteiger partial charge in [0.15, 0.2) is 17.1 Å². The maximum atomic E-state index is 5.24. The zero-order chi connectivity index (χ0) is 6.97. The van der Waals surface area contributed by atoms with Crippen LogP contribution in [0.3, 0.4) is 0 Å². The average Bonchev–Trinajstić information content (AvgIpc) is 2.34. The predicted octanol–water partition coefficient (Wildman–Crippen LogP) is 2.24. The van der Waals surface area contributed by atoms with Gasteiger partial charge in [0.05, 0.1) is 0 Å². The minimum Gasteiger partial charge on any atom is -0.0613 e. The summed E-state index contributed by atoms with van der Waals surface area (Å²) in [6, 6.07) is 8.33. The fourth-order valence-corrected chi connectivity index (χ4v) is 2.83. The lowest BCUT2D eigenvalue weighted by Crippen LogP contribution is -1.94. The molecule has 2 rings (SSSR count). The van der Waals surface area contributed by atoms with E-state index in [9.17, 15) is 0 Å². The summed E-state index contributed by atoms with van der Waals surface area (Å²) in [7, 11) is 0. The Labute approximate surface area is 66.0 Å². The van der Waals surface area contributed by atoms with Crippen LogP contribution >= 0.6 is 6.70 Å². The lowest BCUT2D eigenvalue weighted by atomic mass is 10.2. The Bertz CT molecular complexity index is 315. The van der Waals surface area contributed by atoms with E-state index in [1.165, 1.54) is 10.9 Å². The van der Waals surface area contributed by atoms with Crippen molar-refractivity contribution in [2.45, 2.75) is 0 Å². The zero-order valence-corrected chi connectivity index (χ0v) is 7.03. The van der Waals surface area contributed by atoms with E-state index in [0.717, 1.165) is 0 Å². The molecular formula is C8H6PS+. The van der Waals surface area contributed by atoms with E-state index in [2.05, 4.69) is 24.0 Å². The minimum absolute atomic E-state index is 0.378. The third-order valence-corrected chi connectivity index (χ3v) is 3.82. The van der Waals surface area contributed by atoms with Crippen LogP contribution in [-0.4, -0.2) is 0 Å². The molecule has 1 aliphatic rings. The van der Waals surface area contributed by atoms with E-state index in [-0.39, 0.29) is 6.70 Å². The lowest BCUT2D eigenvalue weighted by molar-refractivity contribution is 1.74. The average molecular weight is 165 g/mol. The first-order chi connectivity index (χ1) is 4.88. The monoisotopic (exact) mass is 165 g/mol. The molecule has 1 unspecified atom stereocenters. The lowest BCUT2D eigenvalue weighted by Gasteiger charge is -1.85. The molecule has 1 aromatic rings. The number of hydrogen-bond acceptors (Lipinski definition) is 1. The summed E-state index contributed by atoms with van der Waals surface area (Å²) >= 11 is 5.24. The molecular weight excluding hydrogens is 159 g/mol. The van der Waals surface area contributed by atoms with E-state index in [4.69, 9.17) is 11.8 Å². The second kappa shape index (κ2) is 2.26. The van der Waals surface area contributed by atoms with Crippen LogP contribution in [0, 0.1) is 0 Å². The summed E-state index contributed by atoms with van der Waals surface area (Å²) < 4.78 is 0. The third kappa shape index (κ3) is 0.828. The van der Waals surface area contributed by atoms with Crippen molar-refractivity contribution >= 4 is 29.9 Å². The van der Waals surface area contributed by atoms with Gasteiger partial charge in [-0.25, -0.2) is 0 Å². The molecule has 0 nitrogen and oxygen atoms in total. The molecule has 1 atom stereocenters. The van der Waals surface area contributed by atoms with E-state index in [1.807, 2.05) is 12.1 Å². The van der Waals surface area contributed by atoms with Crippen LogP contribution in [0.1, 0.15) is 5.56 Å². The summed E-state index contributed by atoms with van der Waals surface area (Å²) in [6.45, 7) is -0.378. The smallest absolute Gasteiger partial charge is 0.0613 e.